The van der Waals surface area contributed by atoms with Gasteiger partial charge < -0.3 is 5.32 Å². The fourth-order valence-corrected chi connectivity index (χ4v) is 3.32. The van der Waals surface area contributed by atoms with Gasteiger partial charge in [0.05, 0.1) is 34.2 Å². The molecule has 4 rings (SSSR count). The first-order valence-corrected chi connectivity index (χ1v) is 9.02. The Kier molecular flexibility index (Phi) is 4.67. The molecule has 0 unspecified atom stereocenters. The van der Waals surface area contributed by atoms with E-state index in [2.05, 4.69) is 30.4 Å². The average molecular weight is 377 g/mol. The SMILES string of the molecule is Cc1ncsc1-c1cnn(CC(=O)Nc2ccc(-c3cnccn3)cn2)c1. The van der Waals surface area contributed by atoms with Crippen LogP contribution in [0.15, 0.2) is 54.8 Å². The van der Waals surface area contributed by atoms with Crippen molar-refractivity contribution in [3.63, 3.8) is 0 Å². The molecular formula is C18H15N7OS. The van der Waals surface area contributed by atoms with Crippen molar-refractivity contribution in [2.45, 2.75) is 13.5 Å². The van der Waals surface area contributed by atoms with Crippen molar-refractivity contribution in [2.24, 2.45) is 0 Å². The minimum atomic E-state index is -0.203. The number of thiazole rings is 1. The lowest BCUT2D eigenvalue weighted by molar-refractivity contribution is -0.116. The molecule has 0 aromatic carbocycles. The third-order valence-electron chi connectivity index (χ3n) is 3.84. The normalized spacial score (nSPS) is 10.7. The molecule has 4 heterocycles. The molecular weight excluding hydrogens is 362 g/mol. The van der Waals surface area contributed by atoms with Gasteiger partial charge in [0.25, 0.3) is 0 Å². The molecule has 1 N–H and O–H groups in total. The van der Waals surface area contributed by atoms with Gasteiger partial charge in [0.1, 0.15) is 12.4 Å². The monoisotopic (exact) mass is 377 g/mol. The lowest BCUT2D eigenvalue weighted by Gasteiger charge is -2.05. The number of amides is 1. The van der Waals surface area contributed by atoms with E-state index in [4.69, 9.17) is 0 Å². The molecule has 0 aliphatic carbocycles. The van der Waals surface area contributed by atoms with E-state index < -0.39 is 0 Å². The topological polar surface area (TPSA) is 98.5 Å². The third-order valence-corrected chi connectivity index (χ3v) is 4.81. The minimum absolute atomic E-state index is 0.103. The van der Waals surface area contributed by atoms with Gasteiger partial charge in [0.15, 0.2) is 0 Å². The number of rotatable bonds is 5. The Balaban J connectivity index is 1.40. The molecule has 0 aliphatic rings. The van der Waals surface area contributed by atoms with Crippen LogP contribution in [-0.4, -0.2) is 35.6 Å². The Morgan fingerprint density at radius 3 is 2.74 bits per heavy atom. The van der Waals surface area contributed by atoms with E-state index in [1.54, 1.807) is 58.6 Å². The molecule has 9 heteroatoms. The fourth-order valence-electron chi connectivity index (χ4n) is 2.54. The average Bonchev–Trinajstić information content (AvgIpc) is 3.31. The summed E-state index contributed by atoms with van der Waals surface area (Å²) in [5.74, 6) is 0.267. The largest absolute Gasteiger partial charge is 0.309 e. The molecule has 0 radical (unpaired) electrons. The molecule has 0 saturated heterocycles. The van der Waals surface area contributed by atoms with Crippen LogP contribution in [0, 0.1) is 6.92 Å². The smallest absolute Gasteiger partial charge is 0.247 e. The van der Waals surface area contributed by atoms with Gasteiger partial charge in [-0.15, -0.1) is 11.3 Å². The van der Waals surface area contributed by atoms with Crippen molar-refractivity contribution in [3.05, 3.63) is 60.5 Å². The molecule has 8 nitrogen and oxygen atoms in total. The Morgan fingerprint density at radius 1 is 1.11 bits per heavy atom. The number of nitrogens with zero attached hydrogens (tertiary/aromatic N) is 6. The van der Waals surface area contributed by atoms with E-state index in [1.165, 1.54) is 0 Å². The third kappa shape index (κ3) is 3.87. The van der Waals surface area contributed by atoms with Crippen LogP contribution in [0.4, 0.5) is 5.82 Å². The first-order valence-electron chi connectivity index (χ1n) is 8.14. The van der Waals surface area contributed by atoms with Crippen LogP contribution in [0.3, 0.4) is 0 Å². The zero-order valence-corrected chi connectivity index (χ0v) is 15.2. The number of aromatic nitrogens is 6. The first kappa shape index (κ1) is 17.0. The van der Waals surface area contributed by atoms with E-state index >= 15 is 0 Å². The lowest BCUT2D eigenvalue weighted by atomic mass is 10.2. The summed E-state index contributed by atoms with van der Waals surface area (Å²) in [6, 6.07) is 3.57. The molecule has 134 valence electrons. The molecule has 0 atom stereocenters. The molecule has 4 aromatic heterocycles. The molecule has 27 heavy (non-hydrogen) atoms. The highest BCUT2D eigenvalue weighted by atomic mass is 32.1. The summed E-state index contributed by atoms with van der Waals surface area (Å²) in [5.41, 5.74) is 5.26. The number of hydrogen-bond acceptors (Lipinski definition) is 7. The van der Waals surface area contributed by atoms with Crippen molar-refractivity contribution in [2.75, 3.05) is 5.32 Å². The second-order valence-corrected chi connectivity index (χ2v) is 6.62. The lowest BCUT2D eigenvalue weighted by Crippen LogP contribution is -2.19. The zero-order chi connectivity index (χ0) is 18.6. The standard InChI is InChI=1S/C18H15N7OS/c1-12-18(27-11-22-12)14-7-23-25(9-14)10-17(26)24-16-3-2-13(6-21-16)15-8-19-4-5-20-15/h2-9,11H,10H2,1H3,(H,21,24,26). The molecule has 1 amide bonds. The van der Waals surface area contributed by atoms with Gasteiger partial charge in [0.2, 0.25) is 5.91 Å². The highest BCUT2D eigenvalue weighted by Gasteiger charge is 2.10. The van der Waals surface area contributed by atoms with Crippen LogP contribution in [0.2, 0.25) is 0 Å². The Hall–Kier alpha value is -3.46. The highest BCUT2D eigenvalue weighted by Crippen LogP contribution is 2.26. The first-order chi connectivity index (χ1) is 13.2. The van der Waals surface area contributed by atoms with E-state index in [9.17, 15) is 4.79 Å². The van der Waals surface area contributed by atoms with Crippen molar-refractivity contribution in [1.82, 2.24) is 29.7 Å². The summed E-state index contributed by atoms with van der Waals surface area (Å²) >= 11 is 1.55. The van der Waals surface area contributed by atoms with Crippen molar-refractivity contribution < 1.29 is 4.79 Å². The summed E-state index contributed by atoms with van der Waals surface area (Å²) in [5, 5.41) is 7.02. The van der Waals surface area contributed by atoms with Crippen molar-refractivity contribution >= 4 is 23.1 Å². The van der Waals surface area contributed by atoms with E-state index in [0.717, 1.165) is 27.4 Å². The summed E-state index contributed by atoms with van der Waals surface area (Å²) in [6.07, 6.45) is 10.1. The van der Waals surface area contributed by atoms with Crippen LogP contribution in [0.5, 0.6) is 0 Å². The van der Waals surface area contributed by atoms with Crippen LogP contribution in [-0.2, 0) is 11.3 Å². The second-order valence-electron chi connectivity index (χ2n) is 5.76. The number of pyridine rings is 1. The Labute approximate surface area is 159 Å². The number of aryl methyl sites for hydroxylation is 1. The maximum Gasteiger partial charge on any atom is 0.247 e. The summed E-state index contributed by atoms with van der Waals surface area (Å²) < 4.78 is 1.59. The van der Waals surface area contributed by atoms with E-state index in [0.29, 0.717) is 5.82 Å². The van der Waals surface area contributed by atoms with Gasteiger partial charge in [-0.2, -0.15) is 5.10 Å². The molecule has 0 saturated carbocycles. The molecule has 0 fully saturated rings. The second kappa shape index (κ2) is 7.42. The number of nitrogens with one attached hydrogen (secondary N) is 1. The van der Waals surface area contributed by atoms with Crippen LogP contribution in [0.25, 0.3) is 21.7 Å². The fraction of sp³-hybridized carbons (Fsp3) is 0.111. The molecule has 0 aliphatic heterocycles. The Bertz CT molecular complexity index is 1060. The van der Waals surface area contributed by atoms with E-state index in [1.807, 2.05) is 19.2 Å². The van der Waals surface area contributed by atoms with Crippen molar-refractivity contribution in [3.8, 4) is 21.7 Å². The van der Waals surface area contributed by atoms with E-state index in [-0.39, 0.29) is 12.5 Å². The van der Waals surface area contributed by atoms with Crippen molar-refractivity contribution in [1.29, 1.82) is 0 Å². The molecule has 4 aromatic rings. The summed E-state index contributed by atoms with van der Waals surface area (Å²) in [6.45, 7) is 2.05. The predicted octanol–water partition coefficient (Wildman–Crippen LogP) is 2.81. The van der Waals surface area contributed by atoms with Gasteiger partial charge in [-0.25, -0.2) is 9.97 Å². The predicted molar refractivity (Wildman–Crippen MR) is 102 cm³/mol. The zero-order valence-electron chi connectivity index (χ0n) is 14.4. The van der Waals surface area contributed by atoms with Crippen LogP contribution in [0.1, 0.15) is 5.69 Å². The summed E-state index contributed by atoms with van der Waals surface area (Å²) in [7, 11) is 0. The maximum absolute atomic E-state index is 12.3. The number of carbonyl (C=O) groups is 1. The Morgan fingerprint density at radius 2 is 2.04 bits per heavy atom. The van der Waals surface area contributed by atoms with Crippen LogP contribution >= 0.6 is 11.3 Å². The molecule has 0 spiro atoms. The van der Waals surface area contributed by atoms with Gasteiger partial charge in [-0.1, -0.05) is 0 Å². The molecule has 0 bridgehead atoms. The van der Waals surface area contributed by atoms with Gasteiger partial charge in [0, 0.05) is 35.9 Å². The number of hydrogen-bond donors (Lipinski definition) is 1. The van der Waals surface area contributed by atoms with Gasteiger partial charge >= 0.3 is 0 Å². The quantitative estimate of drug-likeness (QED) is 0.574. The van der Waals surface area contributed by atoms with Gasteiger partial charge in [-0.05, 0) is 19.1 Å². The summed E-state index contributed by atoms with van der Waals surface area (Å²) in [4.78, 5) is 30.1. The minimum Gasteiger partial charge on any atom is -0.309 e. The number of carbonyl (C=O) groups excluding carboxylic acids is 1. The van der Waals surface area contributed by atoms with Crippen LogP contribution < -0.4 is 5.32 Å². The number of anilines is 1. The maximum atomic E-state index is 12.3. The van der Waals surface area contributed by atoms with Gasteiger partial charge in [-0.3, -0.25) is 19.4 Å². The highest BCUT2D eigenvalue weighted by molar-refractivity contribution is 7.13.